The van der Waals surface area contributed by atoms with Gasteiger partial charge in [0.25, 0.3) is 0 Å². The van der Waals surface area contributed by atoms with E-state index >= 15 is 0 Å². The van der Waals surface area contributed by atoms with Gasteiger partial charge in [0.2, 0.25) is 0 Å². The van der Waals surface area contributed by atoms with Gasteiger partial charge in [0.1, 0.15) is 5.75 Å². The van der Waals surface area contributed by atoms with Crippen molar-refractivity contribution in [3.05, 3.63) is 28.8 Å². The van der Waals surface area contributed by atoms with E-state index in [0.717, 1.165) is 24.8 Å². The molecular formula is C30H56O. The van der Waals surface area contributed by atoms with E-state index in [2.05, 4.69) is 33.8 Å². The maximum absolute atomic E-state index is 10.1. The molecule has 0 amide bonds. The standard InChI is InChI=1S/C15H24O.C15H32/c1-4-6-8-13-11-10-12(3)15(16)14(13)9-7-5-2;1-3-5-7-9-11-13-15-14-12-10-8-6-4-2/h10-11,16H,4-9H2,1-3H3;3-15H2,1-2H3. The molecule has 0 aliphatic rings. The lowest BCUT2D eigenvalue weighted by atomic mass is 9.95. The number of phenolic OH excluding ortho intramolecular Hbond substituents is 1. The fourth-order valence-electron chi connectivity index (χ4n) is 4.12. The lowest BCUT2D eigenvalue weighted by molar-refractivity contribution is 0.461. The van der Waals surface area contributed by atoms with Crippen LogP contribution in [0.2, 0.25) is 0 Å². The summed E-state index contributed by atoms with van der Waals surface area (Å²) in [6, 6.07) is 4.23. The molecule has 0 atom stereocenters. The van der Waals surface area contributed by atoms with Gasteiger partial charge >= 0.3 is 0 Å². The highest BCUT2D eigenvalue weighted by atomic mass is 16.3. The summed E-state index contributed by atoms with van der Waals surface area (Å²) in [5, 5.41) is 10.1. The third-order valence-corrected chi connectivity index (χ3v) is 6.37. The van der Waals surface area contributed by atoms with E-state index in [9.17, 15) is 5.11 Å². The molecule has 0 aromatic heterocycles. The van der Waals surface area contributed by atoms with Crippen LogP contribution in [0, 0.1) is 6.92 Å². The van der Waals surface area contributed by atoms with Crippen molar-refractivity contribution in [1.29, 1.82) is 0 Å². The fourth-order valence-corrected chi connectivity index (χ4v) is 4.12. The van der Waals surface area contributed by atoms with E-state index < -0.39 is 0 Å². The molecule has 1 aromatic carbocycles. The summed E-state index contributed by atoms with van der Waals surface area (Å²) in [6.07, 6.45) is 25.8. The molecule has 0 aliphatic heterocycles. The van der Waals surface area contributed by atoms with E-state index in [-0.39, 0.29) is 0 Å². The van der Waals surface area contributed by atoms with Crippen LogP contribution in [0.3, 0.4) is 0 Å². The molecule has 1 N–H and O–H groups in total. The zero-order chi connectivity index (χ0) is 23.2. The van der Waals surface area contributed by atoms with Gasteiger partial charge in [-0.25, -0.2) is 0 Å². The van der Waals surface area contributed by atoms with Crippen LogP contribution < -0.4 is 0 Å². The molecule has 0 aliphatic carbocycles. The maximum Gasteiger partial charge on any atom is 0.121 e. The molecule has 0 fully saturated rings. The monoisotopic (exact) mass is 432 g/mol. The first-order valence-electron chi connectivity index (χ1n) is 13.9. The predicted octanol–water partition coefficient (Wildman–Crippen LogP) is 10.5. The Morgan fingerprint density at radius 3 is 1.32 bits per heavy atom. The van der Waals surface area contributed by atoms with Crippen LogP contribution in [0.1, 0.15) is 154 Å². The molecule has 0 radical (unpaired) electrons. The van der Waals surface area contributed by atoms with Crippen molar-refractivity contribution in [2.24, 2.45) is 0 Å². The lowest BCUT2D eigenvalue weighted by Gasteiger charge is -2.13. The van der Waals surface area contributed by atoms with E-state index in [4.69, 9.17) is 0 Å². The summed E-state index contributed by atoms with van der Waals surface area (Å²) in [5.74, 6) is 0.530. The molecule has 0 spiro atoms. The molecule has 0 heterocycles. The van der Waals surface area contributed by atoms with Crippen LogP contribution in [0.25, 0.3) is 0 Å². The van der Waals surface area contributed by atoms with Crippen molar-refractivity contribution in [1.82, 2.24) is 0 Å². The minimum Gasteiger partial charge on any atom is -0.507 e. The number of unbranched alkanes of at least 4 members (excludes halogenated alkanes) is 14. The van der Waals surface area contributed by atoms with Gasteiger partial charge in [-0.05, 0) is 49.3 Å². The Bertz CT molecular complexity index is 493. The van der Waals surface area contributed by atoms with Gasteiger partial charge in [0, 0.05) is 0 Å². The number of benzene rings is 1. The first-order chi connectivity index (χ1) is 15.1. The van der Waals surface area contributed by atoms with Crippen molar-refractivity contribution in [2.45, 2.75) is 157 Å². The average molecular weight is 433 g/mol. The Labute approximate surface area is 196 Å². The van der Waals surface area contributed by atoms with Crippen molar-refractivity contribution < 1.29 is 5.11 Å². The van der Waals surface area contributed by atoms with E-state index in [1.807, 2.05) is 13.0 Å². The average Bonchev–Trinajstić information content (AvgIpc) is 2.78. The van der Waals surface area contributed by atoms with Crippen molar-refractivity contribution in [2.75, 3.05) is 0 Å². The molecular weight excluding hydrogens is 376 g/mol. The maximum atomic E-state index is 10.1. The molecule has 0 unspecified atom stereocenters. The van der Waals surface area contributed by atoms with E-state index in [1.54, 1.807) is 0 Å². The number of phenols is 1. The topological polar surface area (TPSA) is 20.2 Å². The number of hydrogen-bond acceptors (Lipinski definition) is 1. The highest BCUT2D eigenvalue weighted by molar-refractivity contribution is 5.45. The summed E-state index contributed by atoms with van der Waals surface area (Å²) >= 11 is 0. The Balaban J connectivity index is 0.000000582. The van der Waals surface area contributed by atoms with E-state index in [1.165, 1.54) is 114 Å². The normalized spacial score (nSPS) is 10.7. The molecule has 0 saturated carbocycles. The Morgan fingerprint density at radius 1 is 0.516 bits per heavy atom. The van der Waals surface area contributed by atoms with Gasteiger partial charge in [-0.1, -0.05) is 136 Å². The minimum atomic E-state index is 0.530. The smallest absolute Gasteiger partial charge is 0.121 e. The van der Waals surface area contributed by atoms with Gasteiger partial charge in [-0.3, -0.25) is 0 Å². The predicted molar refractivity (Wildman–Crippen MR) is 141 cm³/mol. The second-order valence-electron chi connectivity index (χ2n) is 9.46. The Kier molecular flexibility index (Phi) is 21.5. The molecule has 182 valence electrons. The summed E-state index contributed by atoms with van der Waals surface area (Å²) in [7, 11) is 0. The molecule has 0 saturated heterocycles. The van der Waals surface area contributed by atoms with Crippen LogP contribution in [-0.4, -0.2) is 5.11 Å². The van der Waals surface area contributed by atoms with Gasteiger partial charge in [0.05, 0.1) is 0 Å². The quantitative estimate of drug-likeness (QED) is 0.229. The molecule has 31 heavy (non-hydrogen) atoms. The van der Waals surface area contributed by atoms with Gasteiger partial charge in [-0.2, -0.15) is 0 Å². The highest BCUT2D eigenvalue weighted by Gasteiger charge is 2.09. The van der Waals surface area contributed by atoms with Crippen LogP contribution in [0.4, 0.5) is 0 Å². The van der Waals surface area contributed by atoms with Crippen LogP contribution in [0.5, 0.6) is 5.75 Å². The van der Waals surface area contributed by atoms with Crippen LogP contribution in [0.15, 0.2) is 12.1 Å². The summed E-state index contributed by atoms with van der Waals surface area (Å²) in [6.45, 7) is 11.0. The fraction of sp³-hybridized carbons (Fsp3) is 0.800. The summed E-state index contributed by atoms with van der Waals surface area (Å²) < 4.78 is 0. The summed E-state index contributed by atoms with van der Waals surface area (Å²) in [5.41, 5.74) is 3.54. The lowest BCUT2D eigenvalue weighted by Crippen LogP contribution is -1.97. The largest absolute Gasteiger partial charge is 0.507 e. The number of hydrogen-bond donors (Lipinski definition) is 1. The first kappa shape index (κ1) is 30.0. The van der Waals surface area contributed by atoms with Gasteiger partial charge in [-0.15, -0.1) is 0 Å². The molecule has 1 aromatic rings. The second kappa shape index (κ2) is 22.2. The third kappa shape index (κ3) is 16.3. The first-order valence-corrected chi connectivity index (χ1v) is 13.9. The van der Waals surface area contributed by atoms with Crippen molar-refractivity contribution >= 4 is 0 Å². The zero-order valence-electron chi connectivity index (χ0n) is 22.0. The molecule has 1 rings (SSSR count). The van der Waals surface area contributed by atoms with Crippen molar-refractivity contribution in [3.8, 4) is 5.75 Å². The molecule has 1 heteroatoms. The number of rotatable bonds is 18. The number of aryl methyl sites for hydroxylation is 2. The highest BCUT2D eigenvalue weighted by Crippen LogP contribution is 2.28. The zero-order valence-corrected chi connectivity index (χ0v) is 22.0. The molecule has 0 bridgehead atoms. The number of aromatic hydroxyl groups is 1. The van der Waals surface area contributed by atoms with E-state index in [0.29, 0.717) is 5.75 Å². The molecule has 1 nitrogen and oxygen atoms in total. The second-order valence-corrected chi connectivity index (χ2v) is 9.46. The minimum absolute atomic E-state index is 0.530. The van der Waals surface area contributed by atoms with Gasteiger partial charge in [0.15, 0.2) is 0 Å². The van der Waals surface area contributed by atoms with Crippen LogP contribution >= 0.6 is 0 Å². The Morgan fingerprint density at radius 2 is 0.903 bits per heavy atom. The third-order valence-electron chi connectivity index (χ3n) is 6.37. The summed E-state index contributed by atoms with van der Waals surface area (Å²) in [4.78, 5) is 0. The Hall–Kier alpha value is -0.980. The van der Waals surface area contributed by atoms with Gasteiger partial charge < -0.3 is 5.11 Å². The SMILES string of the molecule is CCCCCCCCCCCCCCC.CCCCc1ccc(C)c(O)c1CCCC. The van der Waals surface area contributed by atoms with Crippen molar-refractivity contribution in [3.63, 3.8) is 0 Å². The van der Waals surface area contributed by atoms with Crippen LogP contribution in [-0.2, 0) is 12.8 Å².